The topological polar surface area (TPSA) is 55.0 Å². The predicted octanol–water partition coefficient (Wildman–Crippen LogP) is 3.20. The number of fused-ring (bicyclic) bond motifs is 1. The summed E-state index contributed by atoms with van der Waals surface area (Å²) in [5, 5.41) is 0. The first kappa shape index (κ1) is 13.7. The maximum Gasteiger partial charge on any atom is 0.315 e. The zero-order valence-corrected chi connectivity index (χ0v) is 12.1. The predicted molar refractivity (Wildman–Crippen MR) is 85.2 cm³/mol. The highest BCUT2D eigenvalue weighted by Gasteiger charge is 2.06. The van der Waals surface area contributed by atoms with Gasteiger partial charge in [-0.3, -0.25) is 4.79 Å². The Morgan fingerprint density at radius 3 is 2.76 bits per heavy atom. The van der Waals surface area contributed by atoms with Gasteiger partial charge in [0.1, 0.15) is 12.4 Å². The molecular weight excluding hydrogens is 284 g/mol. The summed E-state index contributed by atoms with van der Waals surface area (Å²) in [6.45, 7) is 0.239. The van der Waals surface area contributed by atoms with Gasteiger partial charge in [-0.1, -0.05) is 36.4 Å². The van der Waals surface area contributed by atoms with Crippen molar-refractivity contribution in [3.63, 3.8) is 0 Å². The monoisotopic (exact) mass is 298 g/mol. The largest absolute Gasteiger partial charge is 0.460 e. The zero-order valence-electron chi connectivity index (χ0n) is 11.2. The van der Waals surface area contributed by atoms with Crippen molar-refractivity contribution in [3.05, 3.63) is 54.1 Å². The van der Waals surface area contributed by atoms with Crippen LogP contribution in [-0.2, 0) is 16.1 Å². The normalized spacial score (nSPS) is 10.7. The maximum atomic E-state index is 11.1. The summed E-state index contributed by atoms with van der Waals surface area (Å²) in [4.78, 5) is 19.0. The molecule has 0 aliphatic heterocycles. The van der Waals surface area contributed by atoms with Crippen LogP contribution in [-0.4, -0.2) is 21.7 Å². The van der Waals surface area contributed by atoms with Crippen LogP contribution in [0.15, 0.2) is 48.5 Å². The van der Waals surface area contributed by atoms with Gasteiger partial charge in [-0.2, -0.15) is 12.6 Å². The van der Waals surface area contributed by atoms with E-state index in [1.165, 1.54) is 0 Å². The quantitative estimate of drug-likeness (QED) is 0.574. The van der Waals surface area contributed by atoms with Crippen LogP contribution in [0, 0.1) is 0 Å². The molecule has 1 heterocycles. The third kappa shape index (κ3) is 3.08. The number of imidazole rings is 1. The lowest BCUT2D eigenvalue weighted by molar-refractivity contribution is -0.141. The molecule has 0 fully saturated rings. The molecule has 0 spiro atoms. The number of rotatable bonds is 4. The summed E-state index contributed by atoms with van der Waals surface area (Å²) < 4.78 is 5.06. The summed E-state index contributed by atoms with van der Waals surface area (Å²) >= 11 is 3.87. The zero-order chi connectivity index (χ0) is 14.7. The Hall–Kier alpha value is -2.27. The molecule has 1 N–H and O–H groups in total. The van der Waals surface area contributed by atoms with E-state index in [0.717, 1.165) is 28.0 Å². The molecule has 0 amide bonds. The number of nitrogens with one attached hydrogen (secondary N) is 1. The van der Waals surface area contributed by atoms with Crippen LogP contribution in [0.5, 0.6) is 0 Å². The van der Waals surface area contributed by atoms with Crippen LogP contribution < -0.4 is 0 Å². The van der Waals surface area contributed by atoms with Crippen LogP contribution >= 0.6 is 12.6 Å². The summed E-state index contributed by atoms with van der Waals surface area (Å²) in [6.07, 6.45) is 0. The Bertz CT molecular complexity index is 768. The second-order valence-electron chi connectivity index (χ2n) is 4.62. The molecule has 0 unspecified atom stereocenters. The average Bonchev–Trinajstić information content (AvgIpc) is 2.96. The van der Waals surface area contributed by atoms with Gasteiger partial charge in [0.25, 0.3) is 0 Å². The number of carbonyl (C=O) groups is 1. The Morgan fingerprint density at radius 2 is 2.00 bits per heavy atom. The molecule has 0 saturated heterocycles. The van der Waals surface area contributed by atoms with Crippen LogP contribution in [0.25, 0.3) is 22.4 Å². The van der Waals surface area contributed by atoms with E-state index < -0.39 is 0 Å². The van der Waals surface area contributed by atoms with E-state index in [2.05, 4.69) is 22.6 Å². The van der Waals surface area contributed by atoms with Crippen molar-refractivity contribution in [2.45, 2.75) is 6.61 Å². The summed E-state index contributed by atoms with van der Waals surface area (Å²) in [7, 11) is 0. The number of thiol groups is 1. The second-order valence-corrected chi connectivity index (χ2v) is 4.94. The smallest absolute Gasteiger partial charge is 0.315 e. The summed E-state index contributed by atoms with van der Waals surface area (Å²) in [5.41, 5.74) is 3.76. The fraction of sp³-hybridized carbons (Fsp3) is 0.125. The Morgan fingerprint density at radius 1 is 1.19 bits per heavy atom. The molecule has 2 aromatic carbocycles. The van der Waals surface area contributed by atoms with Crippen LogP contribution in [0.3, 0.4) is 0 Å². The number of benzene rings is 2. The summed E-state index contributed by atoms with van der Waals surface area (Å²) in [6, 6.07) is 15.7. The molecule has 4 nitrogen and oxygen atoms in total. The third-order valence-electron chi connectivity index (χ3n) is 3.12. The number of hydrogen-bond donors (Lipinski definition) is 2. The molecular formula is C16H14N2O2S. The van der Waals surface area contributed by atoms with E-state index in [9.17, 15) is 4.79 Å². The molecule has 5 heteroatoms. The SMILES string of the molecule is O=C(CS)OCc1ccc2[nH]c(-c3ccccc3)nc2c1. The summed E-state index contributed by atoms with van der Waals surface area (Å²) in [5.74, 6) is 0.587. The molecule has 0 bridgehead atoms. The molecule has 3 aromatic rings. The number of nitrogens with zero attached hydrogens (tertiary/aromatic N) is 1. The highest BCUT2D eigenvalue weighted by molar-refractivity contribution is 7.81. The molecule has 0 saturated carbocycles. The van der Waals surface area contributed by atoms with Crippen LogP contribution in [0.4, 0.5) is 0 Å². The fourth-order valence-corrected chi connectivity index (χ4v) is 2.17. The van der Waals surface area contributed by atoms with Crippen LogP contribution in [0.2, 0.25) is 0 Å². The van der Waals surface area contributed by atoms with Gasteiger partial charge in [-0.25, -0.2) is 4.98 Å². The lowest BCUT2D eigenvalue weighted by Gasteiger charge is -2.02. The van der Waals surface area contributed by atoms with E-state index in [1.807, 2.05) is 48.5 Å². The lowest BCUT2D eigenvalue weighted by atomic mass is 10.2. The van der Waals surface area contributed by atoms with Crippen molar-refractivity contribution >= 4 is 29.6 Å². The van der Waals surface area contributed by atoms with Crippen molar-refractivity contribution in [2.24, 2.45) is 0 Å². The number of aromatic amines is 1. The fourth-order valence-electron chi connectivity index (χ4n) is 2.08. The van der Waals surface area contributed by atoms with E-state index in [-0.39, 0.29) is 18.3 Å². The first-order valence-corrected chi connectivity index (χ1v) is 7.20. The number of H-pyrrole nitrogens is 1. The highest BCUT2D eigenvalue weighted by Crippen LogP contribution is 2.21. The molecule has 0 radical (unpaired) electrons. The van der Waals surface area contributed by atoms with Gasteiger partial charge in [-0.05, 0) is 17.7 Å². The van der Waals surface area contributed by atoms with Gasteiger partial charge in [0.05, 0.1) is 16.8 Å². The minimum absolute atomic E-state index is 0.0861. The molecule has 0 aliphatic rings. The number of carbonyl (C=O) groups excluding carboxylic acids is 1. The van der Waals surface area contributed by atoms with Gasteiger partial charge in [0, 0.05) is 5.56 Å². The maximum absolute atomic E-state index is 11.1. The number of ether oxygens (including phenoxy) is 1. The molecule has 21 heavy (non-hydrogen) atoms. The number of esters is 1. The minimum atomic E-state index is -0.328. The van der Waals surface area contributed by atoms with Gasteiger partial charge < -0.3 is 9.72 Å². The van der Waals surface area contributed by atoms with Crippen molar-refractivity contribution in [2.75, 3.05) is 5.75 Å². The van der Waals surface area contributed by atoms with Crippen molar-refractivity contribution in [3.8, 4) is 11.4 Å². The molecule has 0 aliphatic carbocycles. The van der Waals surface area contributed by atoms with Crippen molar-refractivity contribution in [1.29, 1.82) is 0 Å². The van der Waals surface area contributed by atoms with E-state index in [4.69, 9.17) is 4.74 Å². The Labute approximate surface area is 127 Å². The van der Waals surface area contributed by atoms with Gasteiger partial charge in [-0.15, -0.1) is 0 Å². The second kappa shape index (κ2) is 6.01. The lowest BCUT2D eigenvalue weighted by Crippen LogP contribution is -2.05. The average molecular weight is 298 g/mol. The molecule has 0 atom stereocenters. The number of hydrogen-bond acceptors (Lipinski definition) is 4. The third-order valence-corrected chi connectivity index (χ3v) is 3.38. The van der Waals surface area contributed by atoms with E-state index >= 15 is 0 Å². The van der Waals surface area contributed by atoms with Gasteiger partial charge in [0.15, 0.2) is 0 Å². The molecule has 3 rings (SSSR count). The van der Waals surface area contributed by atoms with Crippen molar-refractivity contribution < 1.29 is 9.53 Å². The number of aromatic nitrogens is 2. The van der Waals surface area contributed by atoms with Gasteiger partial charge in [0.2, 0.25) is 0 Å². The van der Waals surface area contributed by atoms with Crippen LogP contribution in [0.1, 0.15) is 5.56 Å². The Kier molecular flexibility index (Phi) is 3.92. The van der Waals surface area contributed by atoms with E-state index in [0.29, 0.717) is 0 Å². The Balaban J connectivity index is 1.87. The van der Waals surface area contributed by atoms with Gasteiger partial charge >= 0.3 is 5.97 Å². The van der Waals surface area contributed by atoms with E-state index in [1.54, 1.807) is 0 Å². The minimum Gasteiger partial charge on any atom is -0.460 e. The standard InChI is InChI=1S/C16H14N2O2S/c19-15(10-21)20-9-11-6-7-13-14(8-11)18-16(17-13)12-4-2-1-3-5-12/h1-8,21H,9-10H2,(H,17,18). The highest BCUT2D eigenvalue weighted by atomic mass is 32.1. The first-order valence-electron chi connectivity index (χ1n) is 6.57. The first-order chi connectivity index (χ1) is 10.3. The van der Waals surface area contributed by atoms with Crippen molar-refractivity contribution in [1.82, 2.24) is 9.97 Å². The molecule has 106 valence electrons. The molecule has 1 aromatic heterocycles.